The number of ether oxygens (including phenoxy) is 4. The topological polar surface area (TPSA) is 73.3 Å². The Labute approximate surface area is 185 Å². The monoisotopic (exact) mass is 429 g/mol. The Morgan fingerprint density at radius 3 is 2.10 bits per heavy atom. The van der Waals surface area contributed by atoms with Gasteiger partial charge < -0.3 is 29.6 Å². The van der Waals surface area contributed by atoms with Crippen molar-refractivity contribution in [2.24, 2.45) is 4.99 Å². The second-order valence-corrected chi connectivity index (χ2v) is 6.71. The molecule has 0 radical (unpaired) electrons. The second kappa shape index (κ2) is 13.3. The van der Waals surface area contributed by atoms with Crippen LogP contribution < -0.4 is 29.6 Å². The molecule has 0 aliphatic carbocycles. The number of hydrogen-bond acceptors (Lipinski definition) is 5. The predicted molar refractivity (Wildman–Crippen MR) is 125 cm³/mol. The lowest BCUT2D eigenvalue weighted by atomic mass is 10.1. The molecular formula is C24H35N3O4. The van der Waals surface area contributed by atoms with Crippen molar-refractivity contribution in [2.75, 3.05) is 40.5 Å². The van der Waals surface area contributed by atoms with Crippen LogP contribution in [0.1, 0.15) is 31.9 Å². The summed E-state index contributed by atoms with van der Waals surface area (Å²) in [5.41, 5.74) is 2.22. The SMILES string of the molecule is CCNC(=NCc1ccc(OC)c(OC)c1)NCCc1ccc(OCC)c(OCC)c1. The summed E-state index contributed by atoms with van der Waals surface area (Å²) in [5, 5.41) is 6.68. The molecule has 0 atom stereocenters. The van der Waals surface area contributed by atoms with Crippen LogP contribution in [0, 0.1) is 0 Å². The Morgan fingerprint density at radius 2 is 1.42 bits per heavy atom. The second-order valence-electron chi connectivity index (χ2n) is 6.71. The van der Waals surface area contributed by atoms with E-state index in [1.165, 1.54) is 5.56 Å². The van der Waals surface area contributed by atoms with E-state index in [1.807, 2.05) is 44.2 Å². The van der Waals surface area contributed by atoms with Gasteiger partial charge in [0.25, 0.3) is 0 Å². The molecule has 2 aromatic carbocycles. The van der Waals surface area contributed by atoms with E-state index in [4.69, 9.17) is 18.9 Å². The van der Waals surface area contributed by atoms with E-state index in [0.29, 0.717) is 31.3 Å². The molecule has 0 bridgehead atoms. The maximum Gasteiger partial charge on any atom is 0.191 e. The van der Waals surface area contributed by atoms with Gasteiger partial charge in [0.1, 0.15) is 0 Å². The van der Waals surface area contributed by atoms with Crippen LogP contribution in [0.3, 0.4) is 0 Å². The zero-order valence-corrected chi connectivity index (χ0v) is 19.3. The summed E-state index contributed by atoms with van der Waals surface area (Å²) < 4.78 is 22.0. The maximum absolute atomic E-state index is 5.72. The first-order chi connectivity index (χ1) is 15.1. The molecule has 2 rings (SSSR count). The Bertz CT molecular complexity index is 840. The van der Waals surface area contributed by atoms with Gasteiger partial charge in [0.15, 0.2) is 29.0 Å². The molecule has 0 aliphatic rings. The summed E-state index contributed by atoms with van der Waals surface area (Å²) >= 11 is 0. The molecule has 0 saturated heterocycles. The van der Waals surface area contributed by atoms with Gasteiger partial charge in [-0.1, -0.05) is 12.1 Å². The molecule has 7 heteroatoms. The number of benzene rings is 2. The van der Waals surface area contributed by atoms with E-state index in [1.54, 1.807) is 14.2 Å². The third-order valence-corrected chi connectivity index (χ3v) is 4.53. The molecule has 31 heavy (non-hydrogen) atoms. The smallest absolute Gasteiger partial charge is 0.191 e. The third kappa shape index (κ3) is 7.59. The Balaban J connectivity index is 1.98. The van der Waals surface area contributed by atoms with Crippen LogP contribution in [-0.2, 0) is 13.0 Å². The van der Waals surface area contributed by atoms with Gasteiger partial charge in [0.2, 0.25) is 0 Å². The lowest BCUT2D eigenvalue weighted by molar-refractivity contribution is 0.287. The van der Waals surface area contributed by atoms with Crippen LogP contribution in [-0.4, -0.2) is 46.5 Å². The molecule has 0 saturated carbocycles. The molecule has 0 aromatic heterocycles. The van der Waals surface area contributed by atoms with Crippen molar-refractivity contribution in [2.45, 2.75) is 33.7 Å². The highest BCUT2D eigenvalue weighted by Gasteiger charge is 2.07. The molecule has 2 N–H and O–H groups in total. The van der Waals surface area contributed by atoms with Crippen molar-refractivity contribution in [1.82, 2.24) is 10.6 Å². The van der Waals surface area contributed by atoms with Gasteiger partial charge >= 0.3 is 0 Å². The zero-order valence-electron chi connectivity index (χ0n) is 19.3. The van der Waals surface area contributed by atoms with Crippen LogP contribution in [0.15, 0.2) is 41.4 Å². The molecular weight excluding hydrogens is 394 g/mol. The van der Waals surface area contributed by atoms with Crippen LogP contribution in [0.4, 0.5) is 0 Å². The number of guanidine groups is 1. The van der Waals surface area contributed by atoms with Gasteiger partial charge in [-0.15, -0.1) is 0 Å². The minimum atomic E-state index is 0.535. The lowest BCUT2D eigenvalue weighted by Gasteiger charge is -2.14. The van der Waals surface area contributed by atoms with Gasteiger partial charge in [-0.3, -0.25) is 0 Å². The fraction of sp³-hybridized carbons (Fsp3) is 0.458. The Kier molecular flexibility index (Phi) is 10.3. The number of hydrogen-bond donors (Lipinski definition) is 2. The molecule has 170 valence electrons. The van der Waals surface area contributed by atoms with Crippen LogP contribution in [0.25, 0.3) is 0 Å². The van der Waals surface area contributed by atoms with Crippen LogP contribution in [0.5, 0.6) is 23.0 Å². The van der Waals surface area contributed by atoms with Gasteiger partial charge in [-0.25, -0.2) is 4.99 Å². The lowest BCUT2D eigenvalue weighted by Crippen LogP contribution is -2.38. The summed E-state index contributed by atoms with van der Waals surface area (Å²) in [6.07, 6.45) is 0.841. The molecule has 0 unspecified atom stereocenters. The minimum Gasteiger partial charge on any atom is -0.493 e. The van der Waals surface area contributed by atoms with Gasteiger partial charge in [-0.2, -0.15) is 0 Å². The predicted octanol–water partition coefficient (Wildman–Crippen LogP) is 3.80. The van der Waals surface area contributed by atoms with Crippen molar-refractivity contribution in [3.63, 3.8) is 0 Å². The quantitative estimate of drug-likeness (QED) is 0.395. The molecule has 0 aliphatic heterocycles. The van der Waals surface area contributed by atoms with Crippen molar-refractivity contribution >= 4 is 5.96 Å². The summed E-state index contributed by atoms with van der Waals surface area (Å²) in [5.74, 6) is 3.76. The first kappa shape index (κ1) is 24.2. The van der Waals surface area contributed by atoms with Gasteiger partial charge in [-0.05, 0) is 62.6 Å². The fourth-order valence-electron chi connectivity index (χ4n) is 3.07. The molecule has 0 heterocycles. The number of aliphatic imine (C=N–C) groups is 1. The first-order valence-corrected chi connectivity index (χ1v) is 10.8. The highest BCUT2D eigenvalue weighted by atomic mass is 16.5. The molecule has 0 amide bonds. The summed E-state index contributed by atoms with van der Waals surface area (Å²) in [7, 11) is 3.26. The van der Waals surface area contributed by atoms with E-state index in [0.717, 1.165) is 42.5 Å². The Hall–Kier alpha value is -3.09. The molecule has 7 nitrogen and oxygen atoms in total. The summed E-state index contributed by atoms with van der Waals surface area (Å²) in [6, 6.07) is 11.9. The number of rotatable bonds is 12. The zero-order chi connectivity index (χ0) is 22.5. The first-order valence-electron chi connectivity index (χ1n) is 10.8. The molecule has 0 fully saturated rings. The third-order valence-electron chi connectivity index (χ3n) is 4.53. The highest BCUT2D eigenvalue weighted by molar-refractivity contribution is 5.79. The van der Waals surface area contributed by atoms with Gasteiger partial charge in [0, 0.05) is 13.1 Å². The Morgan fingerprint density at radius 1 is 0.774 bits per heavy atom. The number of nitrogens with zero attached hydrogens (tertiary/aromatic N) is 1. The van der Waals surface area contributed by atoms with E-state index >= 15 is 0 Å². The highest BCUT2D eigenvalue weighted by Crippen LogP contribution is 2.29. The minimum absolute atomic E-state index is 0.535. The summed E-state index contributed by atoms with van der Waals surface area (Å²) in [4.78, 5) is 4.68. The van der Waals surface area contributed by atoms with Gasteiger partial charge in [0.05, 0.1) is 34.0 Å². The average Bonchev–Trinajstić information content (AvgIpc) is 2.79. The van der Waals surface area contributed by atoms with E-state index in [-0.39, 0.29) is 0 Å². The molecule has 2 aromatic rings. The number of nitrogens with one attached hydrogen (secondary N) is 2. The maximum atomic E-state index is 5.72. The van der Waals surface area contributed by atoms with E-state index < -0.39 is 0 Å². The van der Waals surface area contributed by atoms with Crippen molar-refractivity contribution < 1.29 is 18.9 Å². The van der Waals surface area contributed by atoms with E-state index in [9.17, 15) is 0 Å². The largest absolute Gasteiger partial charge is 0.493 e. The van der Waals surface area contributed by atoms with Crippen LogP contribution >= 0.6 is 0 Å². The summed E-state index contributed by atoms with van der Waals surface area (Å²) in [6.45, 7) is 9.28. The van der Waals surface area contributed by atoms with Crippen molar-refractivity contribution in [1.29, 1.82) is 0 Å². The van der Waals surface area contributed by atoms with Crippen molar-refractivity contribution in [3.8, 4) is 23.0 Å². The van der Waals surface area contributed by atoms with Crippen LogP contribution in [0.2, 0.25) is 0 Å². The molecule has 0 spiro atoms. The number of methoxy groups -OCH3 is 2. The average molecular weight is 430 g/mol. The van der Waals surface area contributed by atoms with Crippen molar-refractivity contribution in [3.05, 3.63) is 47.5 Å². The normalized spacial score (nSPS) is 11.1. The van der Waals surface area contributed by atoms with E-state index in [2.05, 4.69) is 28.6 Å². The fourth-order valence-corrected chi connectivity index (χ4v) is 3.07. The standard InChI is InChI=1S/C24H35N3O4/c1-6-25-24(27-17-19-10-11-20(28-4)22(16-19)29-5)26-14-13-18-9-12-21(30-7-2)23(15-18)31-8-3/h9-12,15-16H,6-8,13-14,17H2,1-5H3,(H2,25,26,27).